The van der Waals surface area contributed by atoms with E-state index in [9.17, 15) is 4.79 Å². The topological polar surface area (TPSA) is 65.7 Å². The highest BCUT2D eigenvalue weighted by Gasteiger charge is 2.12. The van der Waals surface area contributed by atoms with Crippen LogP contribution in [0.4, 0.5) is 0 Å². The maximum atomic E-state index is 12.9. The van der Waals surface area contributed by atoms with E-state index >= 15 is 0 Å². The summed E-state index contributed by atoms with van der Waals surface area (Å²) in [4.78, 5) is 18.0. The molecule has 0 saturated carbocycles. The summed E-state index contributed by atoms with van der Waals surface area (Å²) in [6.07, 6.45) is 2.80. The molecule has 7 heteroatoms. The minimum absolute atomic E-state index is 0.178. The van der Waals surface area contributed by atoms with Gasteiger partial charge in [-0.3, -0.25) is 4.79 Å². The van der Waals surface area contributed by atoms with Crippen LogP contribution < -0.4 is 19.6 Å². The van der Waals surface area contributed by atoms with Crippen LogP contribution in [-0.2, 0) is 0 Å². The summed E-state index contributed by atoms with van der Waals surface area (Å²) in [6, 6.07) is 13.6. The molecule has 0 fully saturated rings. The molecule has 0 unspecified atom stereocenters. The number of ether oxygens (including phenoxy) is 2. The zero-order valence-electron chi connectivity index (χ0n) is 18.1. The summed E-state index contributed by atoms with van der Waals surface area (Å²) in [5, 5.41) is 4.42. The lowest BCUT2D eigenvalue weighted by Crippen LogP contribution is -2.23. The first-order valence-corrected chi connectivity index (χ1v) is 11.1. The lowest BCUT2D eigenvalue weighted by Gasteiger charge is -2.12. The molecule has 0 bridgehead atoms. The van der Waals surface area contributed by atoms with Gasteiger partial charge in [0.05, 0.1) is 18.2 Å². The van der Waals surface area contributed by atoms with Crippen molar-refractivity contribution in [2.24, 2.45) is 5.92 Å². The van der Waals surface area contributed by atoms with Crippen LogP contribution in [0.25, 0.3) is 22.4 Å². The summed E-state index contributed by atoms with van der Waals surface area (Å²) in [5.41, 5.74) is 2.70. The molecule has 0 aliphatic rings. The Hall–Kier alpha value is -3.19. The van der Waals surface area contributed by atoms with Crippen LogP contribution in [0.1, 0.15) is 31.4 Å². The van der Waals surface area contributed by atoms with Crippen molar-refractivity contribution in [3.8, 4) is 22.9 Å². The van der Waals surface area contributed by atoms with E-state index in [-0.39, 0.29) is 5.56 Å². The fourth-order valence-corrected chi connectivity index (χ4v) is 4.10. The molecule has 0 aliphatic heterocycles. The minimum Gasteiger partial charge on any atom is -0.493 e. The molecule has 2 heterocycles. The number of thiazole rings is 1. The van der Waals surface area contributed by atoms with Gasteiger partial charge in [0, 0.05) is 5.56 Å². The zero-order chi connectivity index (χ0) is 22.0. The van der Waals surface area contributed by atoms with Crippen molar-refractivity contribution < 1.29 is 9.47 Å². The quantitative estimate of drug-likeness (QED) is 0.437. The third-order valence-corrected chi connectivity index (χ3v) is 5.86. The third-order valence-electron chi connectivity index (χ3n) is 4.90. The van der Waals surface area contributed by atoms with Crippen molar-refractivity contribution in [2.45, 2.75) is 27.2 Å². The number of hydrogen-bond acceptors (Lipinski definition) is 6. The number of aryl methyl sites for hydroxylation is 1. The van der Waals surface area contributed by atoms with Crippen molar-refractivity contribution in [1.82, 2.24) is 14.6 Å². The second-order valence-electron chi connectivity index (χ2n) is 7.86. The van der Waals surface area contributed by atoms with Gasteiger partial charge in [-0.1, -0.05) is 55.0 Å². The van der Waals surface area contributed by atoms with Crippen LogP contribution >= 0.6 is 11.3 Å². The average molecular weight is 436 g/mol. The van der Waals surface area contributed by atoms with Gasteiger partial charge in [0.25, 0.3) is 5.56 Å². The molecule has 0 spiro atoms. The van der Waals surface area contributed by atoms with Crippen LogP contribution in [0.2, 0.25) is 0 Å². The molecule has 31 heavy (non-hydrogen) atoms. The van der Waals surface area contributed by atoms with Crippen LogP contribution in [0.3, 0.4) is 0 Å². The monoisotopic (exact) mass is 435 g/mol. The fourth-order valence-electron chi connectivity index (χ4n) is 3.19. The predicted octanol–water partition coefficient (Wildman–Crippen LogP) is 4.11. The van der Waals surface area contributed by atoms with Crippen molar-refractivity contribution in [3.63, 3.8) is 0 Å². The Morgan fingerprint density at radius 1 is 1.16 bits per heavy atom. The van der Waals surface area contributed by atoms with Gasteiger partial charge in [0.2, 0.25) is 4.96 Å². The van der Waals surface area contributed by atoms with Crippen molar-refractivity contribution in [1.29, 1.82) is 0 Å². The van der Waals surface area contributed by atoms with E-state index in [2.05, 4.69) is 23.9 Å². The normalized spacial score (nSPS) is 12.1. The number of benzene rings is 2. The van der Waals surface area contributed by atoms with Gasteiger partial charge in [-0.25, -0.2) is 0 Å². The maximum Gasteiger partial charge on any atom is 0.291 e. The molecule has 160 valence electrons. The van der Waals surface area contributed by atoms with Crippen molar-refractivity contribution in [3.05, 3.63) is 68.5 Å². The first-order valence-electron chi connectivity index (χ1n) is 10.2. The van der Waals surface area contributed by atoms with E-state index in [1.807, 2.05) is 55.5 Å². The lowest BCUT2D eigenvalue weighted by molar-refractivity contribution is 0.273. The first-order chi connectivity index (χ1) is 14.9. The van der Waals surface area contributed by atoms with Crippen LogP contribution in [0, 0.1) is 12.8 Å². The average Bonchev–Trinajstić information content (AvgIpc) is 3.28. The summed E-state index contributed by atoms with van der Waals surface area (Å²) in [6.45, 7) is 6.98. The number of methoxy groups -OCH3 is 1. The van der Waals surface area contributed by atoms with Crippen molar-refractivity contribution >= 4 is 22.4 Å². The van der Waals surface area contributed by atoms with E-state index in [0.29, 0.717) is 39.3 Å². The van der Waals surface area contributed by atoms with E-state index in [0.717, 1.165) is 23.1 Å². The molecule has 6 nitrogen and oxygen atoms in total. The van der Waals surface area contributed by atoms with E-state index in [4.69, 9.17) is 9.47 Å². The van der Waals surface area contributed by atoms with Gasteiger partial charge >= 0.3 is 0 Å². The summed E-state index contributed by atoms with van der Waals surface area (Å²) >= 11 is 1.32. The minimum atomic E-state index is -0.178. The Morgan fingerprint density at radius 3 is 2.71 bits per heavy atom. The van der Waals surface area contributed by atoms with E-state index in [1.54, 1.807) is 7.11 Å². The second kappa shape index (κ2) is 8.89. The molecule has 0 N–H and O–H groups in total. The van der Waals surface area contributed by atoms with Gasteiger partial charge < -0.3 is 9.47 Å². The van der Waals surface area contributed by atoms with Crippen molar-refractivity contribution in [2.75, 3.05) is 13.7 Å². The highest BCUT2D eigenvalue weighted by Crippen LogP contribution is 2.28. The summed E-state index contributed by atoms with van der Waals surface area (Å²) < 4.78 is 13.3. The van der Waals surface area contributed by atoms with Gasteiger partial charge in [-0.2, -0.15) is 9.50 Å². The highest BCUT2D eigenvalue weighted by molar-refractivity contribution is 7.15. The highest BCUT2D eigenvalue weighted by atomic mass is 32.1. The zero-order valence-corrected chi connectivity index (χ0v) is 18.9. The number of nitrogens with zero attached hydrogens (tertiary/aromatic N) is 3. The van der Waals surface area contributed by atoms with Gasteiger partial charge in [0.15, 0.2) is 17.3 Å². The molecule has 0 saturated heterocycles. The van der Waals surface area contributed by atoms with E-state index < -0.39 is 0 Å². The largest absolute Gasteiger partial charge is 0.493 e. The second-order valence-corrected chi connectivity index (χ2v) is 8.87. The summed E-state index contributed by atoms with van der Waals surface area (Å²) in [7, 11) is 1.61. The number of aromatic nitrogens is 3. The SMILES string of the molecule is COc1cc(/C=c2\sc3nc(-c4cccc(C)c4)nn3c2=O)ccc1OCCC(C)C. The maximum absolute atomic E-state index is 12.9. The lowest BCUT2D eigenvalue weighted by atomic mass is 10.1. The molecule has 0 amide bonds. The van der Waals surface area contributed by atoms with Gasteiger partial charge in [-0.15, -0.1) is 5.10 Å². The van der Waals surface area contributed by atoms with E-state index in [1.165, 1.54) is 15.9 Å². The Labute approximate surface area is 184 Å². The number of rotatable bonds is 7. The molecule has 4 aromatic rings. The molecule has 0 atom stereocenters. The predicted molar refractivity (Wildman–Crippen MR) is 124 cm³/mol. The van der Waals surface area contributed by atoms with Gasteiger partial charge in [-0.05, 0) is 49.1 Å². The molecule has 0 radical (unpaired) electrons. The Bertz CT molecular complexity index is 1320. The van der Waals surface area contributed by atoms with Gasteiger partial charge in [0.1, 0.15) is 0 Å². The molecular formula is C24H25N3O3S. The Kier molecular flexibility index (Phi) is 6.04. The fraction of sp³-hybridized carbons (Fsp3) is 0.292. The Morgan fingerprint density at radius 2 is 2.00 bits per heavy atom. The number of hydrogen-bond donors (Lipinski definition) is 0. The smallest absolute Gasteiger partial charge is 0.291 e. The molecule has 4 rings (SSSR count). The molecule has 0 aliphatic carbocycles. The first kappa shape index (κ1) is 21.1. The van der Waals surface area contributed by atoms with Crippen LogP contribution in [0.5, 0.6) is 11.5 Å². The summed E-state index contributed by atoms with van der Waals surface area (Å²) in [5.74, 6) is 2.48. The number of fused-ring (bicyclic) bond motifs is 1. The standard InChI is InChI=1S/C24H25N3O3S/c1-15(2)10-11-30-19-9-8-17(13-20(19)29-4)14-21-23(28)27-24(31-21)25-22(26-27)18-7-5-6-16(3)12-18/h5-9,12-15H,10-11H2,1-4H3/b21-14-. The molecule has 2 aromatic carbocycles. The third kappa shape index (κ3) is 4.61. The Balaban J connectivity index is 1.64. The van der Waals surface area contributed by atoms with Crippen LogP contribution in [-0.4, -0.2) is 28.3 Å². The molecule has 2 aromatic heterocycles. The molecular weight excluding hydrogens is 410 g/mol. The van der Waals surface area contributed by atoms with Crippen LogP contribution in [0.15, 0.2) is 47.3 Å².